The molecule has 0 saturated carbocycles. The Morgan fingerprint density at radius 3 is 2.73 bits per heavy atom. The van der Waals surface area contributed by atoms with E-state index in [-0.39, 0.29) is 6.04 Å². The Balaban J connectivity index is 2.82. The van der Waals surface area contributed by atoms with Crippen LogP contribution in [0.3, 0.4) is 0 Å². The predicted octanol–water partition coefficient (Wildman–Crippen LogP) is 3.23. The van der Waals surface area contributed by atoms with E-state index in [9.17, 15) is 0 Å². The number of rotatable bonds is 1. The topological polar surface area (TPSA) is 52.0 Å². The quantitative estimate of drug-likeness (QED) is 0.864. The molecule has 2 rings (SSSR count). The monoisotopic (exact) mass is 268 g/mol. The summed E-state index contributed by atoms with van der Waals surface area (Å²) in [7, 11) is 0. The number of aromatic nitrogens is 1. The minimum Gasteiger partial charge on any atom is -0.458 e. The minimum atomic E-state index is -0.119. The van der Waals surface area contributed by atoms with Crippen LogP contribution in [0.1, 0.15) is 30.1 Å². The number of hydrogen-bond acceptors (Lipinski definition) is 3. The molecule has 0 radical (unpaired) electrons. The van der Waals surface area contributed by atoms with Crippen molar-refractivity contribution in [1.82, 2.24) is 4.98 Å². The van der Waals surface area contributed by atoms with Gasteiger partial charge in [-0.25, -0.2) is 0 Å². The van der Waals surface area contributed by atoms with Crippen molar-refractivity contribution in [2.24, 2.45) is 5.73 Å². The first kappa shape index (κ1) is 10.6. The van der Waals surface area contributed by atoms with E-state index in [0.29, 0.717) is 0 Å². The molecule has 0 aliphatic rings. The summed E-state index contributed by atoms with van der Waals surface area (Å²) in [6, 6.07) is 1.81. The fourth-order valence-electron chi connectivity index (χ4n) is 1.72. The molecule has 0 saturated heterocycles. The number of halogens is 1. The third-order valence-corrected chi connectivity index (χ3v) is 3.15. The molecule has 15 heavy (non-hydrogen) atoms. The van der Waals surface area contributed by atoms with Crippen molar-refractivity contribution in [3.05, 3.63) is 27.7 Å². The van der Waals surface area contributed by atoms with Crippen molar-refractivity contribution in [3.8, 4) is 0 Å². The van der Waals surface area contributed by atoms with Gasteiger partial charge in [0.05, 0.1) is 15.9 Å². The highest BCUT2D eigenvalue weighted by Crippen LogP contribution is 2.35. The summed E-state index contributed by atoms with van der Waals surface area (Å²) in [6.45, 7) is 5.83. The maximum atomic E-state index is 5.82. The van der Waals surface area contributed by atoms with Crippen LogP contribution in [0, 0.1) is 13.8 Å². The fourth-order valence-corrected chi connectivity index (χ4v) is 2.64. The lowest BCUT2D eigenvalue weighted by molar-refractivity contribution is 0.509. The van der Waals surface area contributed by atoms with Gasteiger partial charge in [-0.15, -0.1) is 0 Å². The first-order valence-corrected chi connectivity index (χ1v) is 5.61. The Hall–Kier alpha value is -0.870. The molecule has 2 aromatic rings. The van der Waals surface area contributed by atoms with E-state index in [1.165, 1.54) is 0 Å². The van der Waals surface area contributed by atoms with Crippen molar-refractivity contribution >= 4 is 26.9 Å². The Bertz CT molecular complexity index is 517. The zero-order valence-corrected chi connectivity index (χ0v) is 10.6. The SMILES string of the molecule is Cc1cc2oc(C(C)N)c(Br)c2c(C)n1. The molecule has 0 aromatic carbocycles. The van der Waals surface area contributed by atoms with Gasteiger partial charge in [0, 0.05) is 17.5 Å². The summed E-state index contributed by atoms with van der Waals surface area (Å²) in [6.07, 6.45) is 0. The van der Waals surface area contributed by atoms with Gasteiger partial charge in [-0.3, -0.25) is 4.98 Å². The van der Waals surface area contributed by atoms with E-state index < -0.39 is 0 Å². The number of nitrogens with two attached hydrogens (primary N) is 1. The fraction of sp³-hybridized carbons (Fsp3) is 0.364. The Kier molecular flexibility index (Phi) is 2.56. The van der Waals surface area contributed by atoms with E-state index >= 15 is 0 Å². The molecule has 0 spiro atoms. The van der Waals surface area contributed by atoms with Gasteiger partial charge >= 0.3 is 0 Å². The summed E-state index contributed by atoms with van der Waals surface area (Å²) in [5.41, 5.74) is 8.59. The molecule has 2 N–H and O–H groups in total. The van der Waals surface area contributed by atoms with E-state index in [2.05, 4.69) is 20.9 Å². The lowest BCUT2D eigenvalue weighted by Gasteiger charge is -1.99. The molecule has 0 fully saturated rings. The molecule has 0 amide bonds. The van der Waals surface area contributed by atoms with Gasteiger partial charge in [0.1, 0.15) is 11.3 Å². The summed E-state index contributed by atoms with van der Waals surface area (Å²) < 4.78 is 6.64. The second-order valence-electron chi connectivity index (χ2n) is 3.79. The predicted molar refractivity (Wildman–Crippen MR) is 63.8 cm³/mol. The van der Waals surface area contributed by atoms with Crippen molar-refractivity contribution in [1.29, 1.82) is 0 Å². The van der Waals surface area contributed by atoms with Crippen LogP contribution in [0.25, 0.3) is 11.0 Å². The number of nitrogens with zero attached hydrogens (tertiary/aromatic N) is 1. The number of fused-ring (bicyclic) bond motifs is 1. The molecular formula is C11H13BrN2O. The standard InChI is InChI=1S/C11H13BrN2O/c1-5-4-8-9(7(3)14-5)10(12)11(15-8)6(2)13/h4,6H,13H2,1-3H3. The van der Waals surface area contributed by atoms with E-state index in [1.807, 2.05) is 26.8 Å². The highest BCUT2D eigenvalue weighted by molar-refractivity contribution is 9.10. The molecular weight excluding hydrogens is 256 g/mol. The average molecular weight is 269 g/mol. The smallest absolute Gasteiger partial charge is 0.139 e. The van der Waals surface area contributed by atoms with Gasteiger partial charge in [-0.2, -0.15) is 0 Å². The normalized spacial score (nSPS) is 13.4. The van der Waals surface area contributed by atoms with Crippen molar-refractivity contribution in [2.45, 2.75) is 26.8 Å². The Labute approximate surface area is 96.8 Å². The molecule has 2 heterocycles. The maximum Gasteiger partial charge on any atom is 0.139 e. The zero-order valence-electron chi connectivity index (χ0n) is 8.97. The van der Waals surface area contributed by atoms with Crippen LogP contribution in [-0.4, -0.2) is 4.98 Å². The molecule has 80 valence electrons. The second-order valence-corrected chi connectivity index (χ2v) is 4.58. The van der Waals surface area contributed by atoms with Gasteiger partial charge in [-0.05, 0) is 36.7 Å². The van der Waals surface area contributed by atoms with E-state index in [0.717, 1.165) is 32.6 Å². The molecule has 3 nitrogen and oxygen atoms in total. The van der Waals surface area contributed by atoms with Gasteiger partial charge in [0.15, 0.2) is 0 Å². The third-order valence-electron chi connectivity index (χ3n) is 2.36. The number of pyridine rings is 1. The lowest BCUT2D eigenvalue weighted by atomic mass is 10.2. The first-order chi connectivity index (χ1) is 7.00. The molecule has 4 heteroatoms. The van der Waals surface area contributed by atoms with Gasteiger partial charge in [0.2, 0.25) is 0 Å². The largest absolute Gasteiger partial charge is 0.458 e. The van der Waals surface area contributed by atoms with Crippen LogP contribution in [0.4, 0.5) is 0 Å². The Morgan fingerprint density at radius 1 is 1.47 bits per heavy atom. The molecule has 1 atom stereocenters. The number of furan rings is 1. The molecule has 2 aromatic heterocycles. The highest BCUT2D eigenvalue weighted by atomic mass is 79.9. The highest BCUT2D eigenvalue weighted by Gasteiger charge is 2.17. The molecule has 0 aliphatic heterocycles. The van der Waals surface area contributed by atoms with Crippen molar-refractivity contribution in [3.63, 3.8) is 0 Å². The third kappa shape index (κ3) is 1.68. The molecule has 0 bridgehead atoms. The van der Waals surface area contributed by atoms with E-state index in [4.69, 9.17) is 10.2 Å². The number of aryl methyl sites for hydroxylation is 2. The zero-order chi connectivity index (χ0) is 11.2. The first-order valence-electron chi connectivity index (χ1n) is 4.82. The van der Waals surface area contributed by atoms with Crippen LogP contribution in [0.15, 0.2) is 15.0 Å². The summed E-state index contributed by atoms with van der Waals surface area (Å²) in [5, 5.41) is 1.02. The van der Waals surface area contributed by atoms with Gasteiger partial charge in [0.25, 0.3) is 0 Å². The van der Waals surface area contributed by atoms with Crippen LogP contribution in [0.2, 0.25) is 0 Å². The second kappa shape index (κ2) is 3.61. The summed E-state index contributed by atoms with van der Waals surface area (Å²) in [4.78, 5) is 4.40. The lowest BCUT2D eigenvalue weighted by Crippen LogP contribution is -2.03. The number of hydrogen-bond donors (Lipinski definition) is 1. The summed E-state index contributed by atoms with van der Waals surface area (Å²) >= 11 is 3.51. The van der Waals surface area contributed by atoms with Crippen LogP contribution in [0.5, 0.6) is 0 Å². The average Bonchev–Trinajstić information content (AvgIpc) is 2.42. The van der Waals surface area contributed by atoms with Crippen LogP contribution >= 0.6 is 15.9 Å². The van der Waals surface area contributed by atoms with Crippen LogP contribution in [-0.2, 0) is 0 Å². The van der Waals surface area contributed by atoms with Crippen molar-refractivity contribution in [2.75, 3.05) is 0 Å². The Morgan fingerprint density at radius 2 is 2.13 bits per heavy atom. The van der Waals surface area contributed by atoms with Crippen LogP contribution < -0.4 is 5.73 Å². The van der Waals surface area contributed by atoms with Crippen molar-refractivity contribution < 1.29 is 4.42 Å². The summed E-state index contributed by atoms with van der Waals surface area (Å²) in [5.74, 6) is 0.778. The maximum absolute atomic E-state index is 5.82. The molecule has 1 unspecified atom stereocenters. The minimum absolute atomic E-state index is 0.119. The molecule has 0 aliphatic carbocycles. The van der Waals surface area contributed by atoms with Gasteiger partial charge in [-0.1, -0.05) is 0 Å². The van der Waals surface area contributed by atoms with E-state index in [1.54, 1.807) is 0 Å². The van der Waals surface area contributed by atoms with Gasteiger partial charge < -0.3 is 10.2 Å².